The van der Waals surface area contributed by atoms with Crippen molar-refractivity contribution in [1.82, 2.24) is 15.0 Å². The SMILES string of the molecule is Cc1cc(NC(=O)CN2CCN(C(=O)c3c(F)cccc3F)CC2)no1. The molecule has 1 aromatic carbocycles. The van der Waals surface area contributed by atoms with Crippen LogP contribution in [0.3, 0.4) is 0 Å². The summed E-state index contributed by atoms with van der Waals surface area (Å²) in [6.07, 6.45) is 0. The fourth-order valence-corrected chi connectivity index (χ4v) is 2.78. The second-order valence-corrected chi connectivity index (χ2v) is 6.04. The van der Waals surface area contributed by atoms with Gasteiger partial charge in [-0.25, -0.2) is 8.78 Å². The number of nitrogens with zero attached hydrogens (tertiary/aromatic N) is 3. The first-order valence-electron chi connectivity index (χ1n) is 8.13. The molecule has 1 fully saturated rings. The van der Waals surface area contributed by atoms with Crippen LogP contribution in [0.2, 0.25) is 0 Å². The van der Waals surface area contributed by atoms with Crippen LogP contribution in [0.15, 0.2) is 28.8 Å². The van der Waals surface area contributed by atoms with E-state index >= 15 is 0 Å². The van der Waals surface area contributed by atoms with Gasteiger partial charge in [0, 0.05) is 32.2 Å². The van der Waals surface area contributed by atoms with Gasteiger partial charge in [0.25, 0.3) is 5.91 Å². The van der Waals surface area contributed by atoms with Gasteiger partial charge in [0.05, 0.1) is 6.54 Å². The van der Waals surface area contributed by atoms with E-state index in [4.69, 9.17) is 4.52 Å². The molecule has 1 aromatic heterocycles. The number of halogens is 2. The number of benzene rings is 1. The first kappa shape index (κ1) is 18.0. The lowest BCUT2D eigenvalue weighted by Crippen LogP contribution is -2.50. The Morgan fingerprint density at radius 2 is 1.85 bits per heavy atom. The van der Waals surface area contributed by atoms with Crippen LogP contribution in [0.1, 0.15) is 16.1 Å². The Bertz CT molecular complexity index is 796. The summed E-state index contributed by atoms with van der Waals surface area (Å²) in [5, 5.41) is 6.30. The quantitative estimate of drug-likeness (QED) is 0.893. The normalized spacial score (nSPS) is 15.1. The molecule has 0 unspecified atom stereocenters. The largest absolute Gasteiger partial charge is 0.360 e. The molecule has 138 valence electrons. The molecule has 0 aliphatic carbocycles. The Balaban J connectivity index is 1.52. The highest BCUT2D eigenvalue weighted by molar-refractivity contribution is 5.95. The average molecular weight is 364 g/mol. The average Bonchev–Trinajstić information content (AvgIpc) is 3.00. The number of carbonyl (C=O) groups excluding carboxylic acids is 2. The molecule has 0 saturated carbocycles. The summed E-state index contributed by atoms with van der Waals surface area (Å²) in [7, 11) is 0. The van der Waals surface area contributed by atoms with E-state index in [0.29, 0.717) is 24.7 Å². The Kier molecular flexibility index (Phi) is 5.27. The molecule has 1 saturated heterocycles. The van der Waals surface area contributed by atoms with Crippen LogP contribution in [0.4, 0.5) is 14.6 Å². The number of piperazine rings is 1. The van der Waals surface area contributed by atoms with E-state index < -0.39 is 23.1 Å². The third-order valence-electron chi connectivity index (χ3n) is 4.10. The number of carbonyl (C=O) groups is 2. The zero-order valence-corrected chi connectivity index (χ0v) is 14.2. The van der Waals surface area contributed by atoms with Crippen molar-refractivity contribution in [3.8, 4) is 0 Å². The highest BCUT2D eigenvalue weighted by Crippen LogP contribution is 2.16. The smallest absolute Gasteiger partial charge is 0.259 e. The van der Waals surface area contributed by atoms with Gasteiger partial charge in [-0.3, -0.25) is 14.5 Å². The molecule has 1 aliphatic rings. The van der Waals surface area contributed by atoms with Crippen LogP contribution >= 0.6 is 0 Å². The van der Waals surface area contributed by atoms with Crippen LogP contribution in [0, 0.1) is 18.6 Å². The summed E-state index contributed by atoms with van der Waals surface area (Å²) in [6, 6.07) is 4.94. The third-order valence-corrected chi connectivity index (χ3v) is 4.10. The van der Waals surface area contributed by atoms with Gasteiger partial charge in [-0.2, -0.15) is 0 Å². The van der Waals surface area contributed by atoms with E-state index in [2.05, 4.69) is 10.5 Å². The van der Waals surface area contributed by atoms with Gasteiger partial charge < -0.3 is 14.7 Å². The van der Waals surface area contributed by atoms with Crippen LogP contribution in [-0.4, -0.2) is 59.5 Å². The zero-order valence-electron chi connectivity index (χ0n) is 14.2. The number of rotatable bonds is 4. The van der Waals surface area contributed by atoms with Gasteiger partial charge >= 0.3 is 0 Å². The molecule has 0 radical (unpaired) electrons. The minimum Gasteiger partial charge on any atom is -0.360 e. The lowest BCUT2D eigenvalue weighted by molar-refractivity contribution is -0.117. The number of hydrogen-bond acceptors (Lipinski definition) is 5. The summed E-state index contributed by atoms with van der Waals surface area (Å²) < 4.78 is 32.4. The van der Waals surface area contributed by atoms with Crippen LogP contribution in [-0.2, 0) is 4.79 Å². The molecular formula is C17H18F2N4O3. The topological polar surface area (TPSA) is 78.7 Å². The van der Waals surface area contributed by atoms with Gasteiger partial charge in [0.2, 0.25) is 5.91 Å². The van der Waals surface area contributed by atoms with Crippen molar-refractivity contribution in [3.05, 3.63) is 47.2 Å². The van der Waals surface area contributed by atoms with E-state index in [1.165, 1.54) is 11.0 Å². The van der Waals surface area contributed by atoms with E-state index in [9.17, 15) is 18.4 Å². The monoisotopic (exact) mass is 364 g/mol. The number of anilines is 1. The molecule has 9 heteroatoms. The standard InChI is InChI=1S/C17H18F2N4O3/c1-11-9-14(21-26-11)20-15(24)10-22-5-7-23(8-6-22)17(25)16-12(18)3-2-4-13(16)19/h2-4,9H,5-8,10H2,1H3,(H,20,21,24). The Hall–Kier alpha value is -2.81. The fourth-order valence-electron chi connectivity index (χ4n) is 2.78. The predicted molar refractivity (Wildman–Crippen MR) is 88.6 cm³/mol. The minimum absolute atomic E-state index is 0.127. The van der Waals surface area contributed by atoms with Crippen LogP contribution < -0.4 is 5.32 Å². The summed E-state index contributed by atoms with van der Waals surface area (Å²) in [4.78, 5) is 27.6. The first-order chi connectivity index (χ1) is 12.4. The van der Waals surface area contributed by atoms with Crippen molar-refractivity contribution in [1.29, 1.82) is 0 Å². The summed E-state index contributed by atoms with van der Waals surface area (Å²) in [5.74, 6) is -1.75. The molecule has 2 heterocycles. The molecule has 0 bridgehead atoms. The molecule has 0 spiro atoms. The molecular weight excluding hydrogens is 346 g/mol. The number of nitrogens with one attached hydrogen (secondary N) is 1. The first-order valence-corrected chi connectivity index (χ1v) is 8.13. The summed E-state index contributed by atoms with van der Waals surface area (Å²) in [6.45, 7) is 3.26. The third kappa shape index (κ3) is 4.05. The maximum absolute atomic E-state index is 13.7. The molecule has 3 rings (SSSR count). The van der Waals surface area contributed by atoms with Crippen LogP contribution in [0.25, 0.3) is 0 Å². The predicted octanol–water partition coefficient (Wildman–Crippen LogP) is 1.66. The Labute approximate surface area is 148 Å². The molecule has 0 atom stereocenters. The molecule has 1 N–H and O–H groups in total. The molecule has 26 heavy (non-hydrogen) atoms. The van der Waals surface area contributed by atoms with Crippen molar-refractivity contribution >= 4 is 17.6 Å². The molecule has 2 aromatic rings. The van der Waals surface area contributed by atoms with E-state index in [0.717, 1.165) is 12.1 Å². The fraction of sp³-hybridized carbons (Fsp3) is 0.353. The van der Waals surface area contributed by atoms with E-state index in [1.54, 1.807) is 13.0 Å². The van der Waals surface area contributed by atoms with Crippen molar-refractivity contribution in [3.63, 3.8) is 0 Å². The number of aromatic nitrogens is 1. The molecule has 1 aliphatic heterocycles. The molecule has 2 amide bonds. The lowest BCUT2D eigenvalue weighted by atomic mass is 10.1. The highest BCUT2D eigenvalue weighted by atomic mass is 19.1. The van der Waals surface area contributed by atoms with Crippen molar-refractivity contribution in [2.24, 2.45) is 0 Å². The summed E-state index contributed by atoms with van der Waals surface area (Å²) in [5.41, 5.74) is -0.542. The maximum atomic E-state index is 13.7. The van der Waals surface area contributed by atoms with Gasteiger partial charge in [-0.05, 0) is 19.1 Å². The number of amides is 2. The number of hydrogen-bond donors (Lipinski definition) is 1. The van der Waals surface area contributed by atoms with Crippen LogP contribution in [0.5, 0.6) is 0 Å². The van der Waals surface area contributed by atoms with Gasteiger partial charge in [-0.1, -0.05) is 11.2 Å². The lowest BCUT2D eigenvalue weighted by Gasteiger charge is -2.34. The van der Waals surface area contributed by atoms with Gasteiger partial charge in [0.15, 0.2) is 5.82 Å². The summed E-state index contributed by atoms with van der Waals surface area (Å²) >= 11 is 0. The number of aryl methyl sites for hydroxylation is 1. The van der Waals surface area contributed by atoms with Crippen molar-refractivity contribution in [2.75, 3.05) is 38.0 Å². The van der Waals surface area contributed by atoms with Gasteiger partial charge in [-0.15, -0.1) is 0 Å². The van der Waals surface area contributed by atoms with Crippen molar-refractivity contribution < 1.29 is 22.9 Å². The van der Waals surface area contributed by atoms with Crippen molar-refractivity contribution in [2.45, 2.75) is 6.92 Å². The minimum atomic E-state index is -0.875. The second-order valence-electron chi connectivity index (χ2n) is 6.04. The molecule has 7 nitrogen and oxygen atoms in total. The van der Waals surface area contributed by atoms with Gasteiger partial charge in [0.1, 0.15) is 23.0 Å². The Morgan fingerprint density at radius 3 is 2.42 bits per heavy atom. The van der Waals surface area contributed by atoms with E-state index in [1.807, 2.05) is 4.90 Å². The Morgan fingerprint density at radius 1 is 1.19 bits per heavy atom. The van der Waals surface area contributed by atoms with E-state index in [-0.39, 0.29) is 25.5 Å². The highest BCUT2D eigenvalue weighted by Gasteiger charge is 2.27. The second kappa shape index (κ2) is 7.61. The maximum Gasteiger partial charge on any atom is 0.259 e. The zero-order chi connectivity index (χ0) is 18.7.